The lowest BCUT2D eigenvalue weighted by molar-refractivity contribution is -0.140. The van der Waals surface area contributed by atoms with E-state index in [2.05, 4.69) is 10.2 Å². The van der Waals surface area contributed by atoms with Crippen molar-refractivity contribution in [1.29, 1.82) is 0 Å². The SMILES string of the molecule is CCCCOC(=O)CSc1nnc(-c2ccccc2OC)o1. The number of aromatic nitrogens is 2. The van der Waals surface area contributed by atoms with E-state index in [4.69, 9.17) is 13.9 Å². The molecule has 7 heteroatoms. The number of esters is 1. The number of carbonyl (C=O) groups is 1. The van der Waals surface area contributed by atoms with Crippen LogP contribution in [-0.4, -0.2) is 35.6 Å². The van der Waals surface area contributed by atoms with Gasteiger partial charge in [0.15, 0.2) is 0 Å². The first-order valence-corrected chi connectivity index (χ1v) is 7.98. The Morgan fingerprint density at radius 1 is 1.32 bits per heavy atom. The van der Waals surface area contributed by atoms with Crippen LogP contribution in [0.15, 0.2) is 33.9 Å². The average Bonchev–Trinajstić information content (AvgIpc) is 3.02. The van der Waals surface area contributed by atoms with Crippen molar-refractivity contribution in [3.8, 4) is 17.2 Å². The fraction of sp³-hybridized carbons (Fsp3) is 0.400. The highest BCUT2D eigenvalue weighted by atomic mass is 32.2. The van der Waals surface area contributed by atoms with E-state index in [1.54, 1.807) is 7.11 Å². The number of benzene rings is 1. The van der Waals surface area contributed by atoms with E-state index in [-0.39, 0.29) is 11.7 Å². The summed E-state index contributed by atoms with van der Waals surface area (Å²) in [6, 6.07) is 7.37. The van der Waals surface area contributed by atoms with Gasteiger partial charge in [0.2, 0.25) is 0 Å². The third kappa shape index (κ3) is 4.49. The van der Waals surface area contributed by atoms with Gasteiger partial charge in [0.05, 0.1) is 19.3 Å². The molecule has 2 rings (SSSR count). The topological polar surface area (TPSA) is 74.5 Å². The molecule has 0 radical (unpaired) electrons. The smallest absolute Gasteiger partial charge is 0.316 e. The molecule has 0 bridgehead atoms. The zero-order chi connectivity index (χ0) is 15.8. The monoisotopic (exact) mass is 322 g/mol. The van der Waals surface area contributed by atoms with Crippen LogP contribution in [-0.2, 0) is 9.53 Å². The molecule has 0 spiro atoms. The number of hydrogen-bond donors (Lipinski definition) is 0. The van der Waals surface area contributed by atoms with Gasteiger partial charge in [-0.15, -0.1) is 10.2 Å². The maximum Gasteiger partial charge on any atom is 0.316 e. The predicted octanol–water partition coefficient (Wildman–Crippen LogP) is 3.18. The van der Waals surface area contributed by atoms with E-state index in [0.717, 1.165) is 30.2 Å². The van der Waals surface area contributed by atoms with E-state index in [0.29, 0.717) is 23.5 Å². The van der Waals surface area contributed by atoms with Gasteiger partial charge in [-0.3, -0.25) is 4.79 Å². The summed E-state index contributed by atoms with van der Waals surface area (Å²) in [5.74, 6) is 0.883. The molecule has 0 aliphatic rings. The molecule has 0 aliphatic carbocycles. The van der Waals surface area contributed by atoms with Gasteiger partial charge in [-0.2, -0.15) is 0 Å². The number of nitrogens with zero attached hydrogens (tertiary/aromatic N) is 2. The molecule has 22 heavy (non-hydrogen) atoms. The normalized spacial score (nSPS) is 10.5. The van der Waals surface area contributed by atoms with Crippen molar-refractivity contribution < 1.29 is 18.7 Å². The third-order valence-corrected chi connectivity index (χ3v) is 3.61. The van der Waals surface area contributed by atoms with Crippen LogP contribution in [0.3, 0.4) is 0 Å². The van der Waals surface area contributed by atoms with Crippen molar-refractivity contribution >= 4 is 17.7 Å². The second-order valence-corrected chi connectivity index (χ2v) is 5.36. The lowest BCUT2D eigenvalue weighted by Gasteiger charge is -2.03. The largest absolute Gasteiger partial charge is 0.496 e. The molecule has 1 aromatic carbocycles. The quantitative estimate of drug-likeness (QED) is 0.420. The van der Waals surface area contributed by atoms with Crippen molar-refractivity contribution in [1.82, 2.24) is 10.2 Å². The Morgan fingerprint density at radius 2 is 2.14 bits per heavy atom. The molecular weight excluding hydrogens is 304 g/mol. The number of methoxy groups -OCH3 is 1. The van der Waals surface area contributed by atoms with Crippen molar-refractivity contribution in [3.05, 3.63) is 24.3 Å². The second-order valence-electron chi connectivity index (χ2n) is 4.44. The van der Waals surface area contributed by atoms with E-state index < -0.39 is 0 Å². The number of rotatable bonds is 8. The predicted molar refractivity (Wildman–Crippen MR) is 82.9 cm³/mol. The summed E-state index contributed by atoms with van der Waals surface area (Å²) in [4.78, 5) is 11.5. The first kappa shape index (κ1) is 16.4. The van der Waals surface area contributed by atoms with Crippen LogP contribution in [0.4, 0.5) is 0 Å². The van der Waals surface area contributed by atoms with Gasteiger partial charge in [-0.25, -0.2) is 0 Å². The van der Waals surface area contributed by atoms with Gasteiger partial charge >= 0.3 is 5.97 Å². The fourth-order valence-electron chi connectivity index (χ4n) is 1.69. The molecule has 0 atom stereocenters. The summed E-state index contributed by atoms with van der Waals surface area (Å²) in [6.07, 6.45) is 1.86. The number of carbonyl (C=O) groups excluding carboxylic acids is 1. The molecule has 2 aromatic rings. The molecule has 0 N–H and O–H groups in total. The molecular formula is C15H18N2O4S. The number of para-hydroxylation sites is 1. The minimum Gasteiger partial charge on any atom is -0.496 e. The highest BCUT2D eigenvalue weighted by Gasteiger charge is 2.14. The number of unbranched alkanes of at least 4 members (excludes halogenated alkanes) is 1. The Morgan fingerprint density at radius 3 is 2.91 bits per heavy atom. The Balaban J connectivity index is 1.93. The van der Waals surface area contributed by atoms with Gasteiger partial charge in [0.25, 0.3) is 11.1 Å². The van der Waals surface area contributed by atoms with E-state index in [1.807, 2.05) is 31.2 Å². The van der Waals surface area contributed by atoms with Crippen LogP contribution in [0.1, 0.15) is 19.8 Å². The van der Waals surface area contributed by atoms with Crippen molar-refractivity contribution in [3.63, 3.8) is 0 Å². The summed E-state index contributed by atoms with van der Waals surface area (Å²) in [7, 11) is 1.58. The van der Waals surface area contributed by atoms with Crippen LogP contribution in [0.2, 0.25) is 0 Å². The van der Waals surface area contributed by atoms with E-state index >= 15 is 0 Å². The molecule has 1 heterocycles. The maximum atomic E-state index is 11.5. The molecule has 118 valence electrons. The van der Waals surface area contributed by atoms with E-state index in [1.165, 1.54) is 0 Å². The molecule has 6 nitrogen and oxygen atoms in total. The van der Waals surface area contributed by atoms with Crippen molar-refractivity contribution in [2.45, 2.75) is 25.0 Å². The first-order valence-electron chi connectivity index (χ1n) is 7.00. The highest BCUT2D eigenvalue weighted by molar-refractivity contribution is 7.99. The fourth-order valence-corrected chi connectivity index (χ4v) is 2.25. The summed E-state index contributed by atoms with van der Waals surface area (Å²) >= 11 is 1.16. The first-order chi connectivity index (χ1) is 10.7. The maximum absolute atomic E-state index is 11.5. The standard InChI is InChI=1S/C15H18N2O4S/c1-3-4-9-20-13(18)10-22-15-17-16-14(21-15)11-7-5-6-8-12(11)19-2/h5-8H,3-4,9-10H2,1-2H3. The van der Waals surface area contributed by atoms with Crippen LogP contribution >= 0.6 is 11.8 Å². The lowest BCUT2D eigenvalue weighted by Crippen LogP contribution is -2.08. The summed E-state index contributed by atoms with van der Waals surface area (Å²) in [5.41, 5.74) is 0.717. The number of ether oxygens (including phenoxy) is 2. The molecule has 0 fully saturated rings. The third-order valence-electron chi connectivity index (χ3n) is 2.82. The molecule has 0 aliphatic heterocycles. The van der Waals surface area contributed by atoms with Gasteiger partial charge in [-0.1, -0.05) is 37.2 Å². The Bertz CT molecular complexity index is 615. The Hall–Kier alpha value is -2.02. The van der Waals surface area contributed by atoms with Crippen LogP contribution in [0.25, 0.3) is 11.5 Å². The summed E-state index contributed by atoms with van der Waals surface area (Å²) in [6.45, 7) is 2.49. The summed E-state index contributed by atoms with van der Waals surface area (Å²) in [5, 5.41) is 8.23. The zero-order valence-corrected chi connectivity index (χ0v) is 13.4. The van der Waals surface area contributed by atoms with Crippen molar-refractivity contribution in [2.24, 2.45) is 0 Å². The van der Waals surface area contributed by atoms with Gasteiger partial charge in [0, 0.05) is 0 Å². The minimum absolute atomic E-state index is 0.150. The zero-order valence-electron chi connectivity index (χ0n) is 12.6. The molecule has 0 amide bonds. The van der Waals surface area contributed by atoms with E-state index in [9.17, 15) is 4.79 Å². The lowest BCUT2D eigenvalue weighted by atomic mass is 10.2. The molecule has 1 aromatic heterocycles. The highest BCUT2D eigenvalue weighted by Crippen LogP contribution is 2.30. The minimum atomic E-state index is -0.282. The molecule has 0 saturated heterocycles. The van der Waals surface area contributed by atoms with Crippen LogP contribution in [0.5, 0.6) is 5.75 Å². The second kappa shape index (κ2) is 8.43. The molecule has 0 unspecified atom stereocenters. The van der Waals surface area contributed by atoms with Crippen LogP contribution < -0.4 is 4.74 Å². The average molecular weight is 322 g/mol. The van der Waals surface area contributed by atoms with Gasteiger partial charge < -0.3 is 13.9 Å². The Kier molecular flexibility index (Phi) is 6.27. The summed E-state index contributed by atoms with van der Waals surface area (Å²) < 4.78 is 15.9. The van der Waals surface area contributed by atoms with Gasteiger partial charge in [0.1, 0.15) is 11.5 Å². The molecule has 0 saturated carbocycles. The van der Waals surface area contributed by atoms with Gasteiger partial charge in [-0.05, 0) is 18.6 Å². The number of thioether (sulfide) groups is 1. The Labute approximate surface area is 133 Å². The number of hydrogen-bond acceptors (Lipinski definition) is 7. The van der Waals surface area contributed by atoms with Crippen LogP contribution in [0, 0.1) is 0 Å². The van der Waals surface area contributed by atoms with Crippen molar-refractivity contribution in [2.75, 3.05) is 19.5 Å².